The maximum Gasteiger partial charge on any atom is 0.221 e. The molecule has 0 unspecified atom stereocenters. The molecule has 5 nitrogen and oxygen atoms in total. The van der Waals surface area contributed by atoms with Crippen LogP contribution in [0.4, 0.5) is 0 Å². The van der Waals surface area contributed by atoms with Gasteiger partial charge in [-0.15, -0.1) is 0 Å². The summed E-state index contributed by atoms with van der Waals surface area (Å²) < 4.78 is 5.75. The van der Waals surface area contributed by atoms with Crippen molar-refractivity contribution in [3.8, 4) is 11.6 Å². The summed E-state index contributed by atoms with van der Waals surface area (Å²) >= 11 is 6.09. The summed E-state index contributed by atoms with van der Waals surface area (Å²) in [6.07, 6.45) is 3.21. The summed E-state index contributed by atoms with van der Waals surface area (Å²) in [7, 11) is 0. The number of aromatic nitrogens is 3. The number of ether oxygens (including phenoxy) is 1. The number of rotatable bonds is 3. The molecule has 0 saturated heterocycles. The second kappa shape index (κ2) is 5.40. The monoisotopic (exact) mass is 286 g/mol. The zero-order chi connectivity index (χ0) is 13.9. The van der Waals surface area contributed by atoms with Gasteiger partial charge >= 0.3 is 0 Å². The van der Waals surface area contributed by atoms with Gasteiger partial charge in [-0.3, -0.25) is 4.98 Å². The van der Waals surface area contributed by atoms with Crippen molar-refractivity contribution in [3.05, 3.63) is 53.3 Å². The maximum atomic E-state index is 6.09. The molecule has 2 heterocycles. The molecule has 0 atom stereocenters. The number of hydrogen-bond acceptors (Lipinski definition) is 5. The normalized spacial score (nSPS) is 10.7. The molecule has 0 amide bonds. The van der Waals surface area contributed by atoms with Crippen LogP contribution in [0.1, 0.15) is 5.56 Å². The van der Waals surface area contributed by atoms with Gasteiger partial charge in [-0.2, -0.15) is 4.98 Å². The molecular formula is C14H11ClN4O. The molecule has 0 saturated carbocycles. The number of pyridine rings is 1. The van der Waals surface area contributed by atoms with Crippen LogP contribution in [0, 0.1) is 0 Å². The van der Waals surface area contributed by atoms with Gasteiger partial charge < -0.3 is 10.5 Å². The minimum atomic E-state index is 0.294. The molecule has 0 radical (unpaired) electrons. The van der Waals surface area contributed by atoms with E-state index >= 15 is 0 Å². The van der Waals surface area contributed by atoms with Crippen molar-refractivity contribution in [3.63, 3.8) is 0 Å². The molecule has 100 valence electrons. The van der Waals surface area contributed by atoms with E-state index in [9.17, 15) is 0 Å². The van der Waals surface area contributed by atoms with Crippen LogP contribution in [0.2, 0.25) is 5.02 Å². The van der Waals surface area contributed by atoms with Crippen LogP contribution >= 0.6 is 11.6 Å². The van der Waals surface area contributed by atoms with E-state index in [-0.39, 0.29) is 0 Å². The highest BCUT2D eigenvalue weighted by Crippen LogP contribution is 2.29. The van der Waals surface area contributed by atoms with Crippen LogP contribution in [0.15, 0.2) is 42.7 Å². The highest BCUT2D eigenvalue weighted by molar-refractivity contribution is 6.31. The Morgan fingerprint density at radius 1 is 1.10 bits per heavy atom. The molecule has 0 aliphatic carbocycles. The van der Waals surface area contributed by atoms with E-state index < -0.39 is 0 Å². The molecule has 3 rings (SSSR count). The first-order valence-corrected chi connectivity index (χ1v) is 6.39. The molecular weight excluding hydrogens is 276 g/mol. The fraction of sp³-hybridized carbons (Fsp3) is 0.0714. The van der Waals surface area contributed by atoms with Crippen molar-refractivity contribution in [2.75, 3.05) is 0 Å². The Labute approximate surface area is 120 Å². The van der Waals surface area contributed by atoms with Crippen molar-refractivity contribution in [1.82, 2.24) is 15.0 Å². The molecule has 3 aromatic rings. The molecule has 0 spiro atoms. The smallest absolute Gasteiger partial charge is 0.221 e. The van der Waals surface area contributed by atoms with E-state index in [4.69, 9.17) is 22.1 Å². The van der Waals surface area contributed by atoms with E-state index in [2.05, 4.69) is 15.0 Å². The van der Waals surface area contributed by atoms with Crippen LogP contribution in [0.5, 0.6) is 11.6 Å². The van der Waals surface area contributed by atoms with E-state index in [1.165, 1.54) is 0 Å². The predicted molar refractivity (Wildman–Crippen MR) is 76.8 cm³/mol. The van der Waals surface area contributed by atoms with Gasteiger partial charge in [-0.05, 0) is 18.2 Å². The van der Waals surface area contributed by atoms with Gasteiger partial charge in [0.25, 0.3) is 0 Å². The van der Waals surface area contributed by atoms with Crippen LogP contribution in [-0.4, -0.2) is 15.0 Å². The Kier molecular flexibility index (Phi) is 3.45. The van der Waals surface area contributed by atoms with E-state index in [0.29, 0.717) is 34.4 Å². The lowest BCUT2D eigenvalue weighted by Gasteiger charge is -2.10. The van der Waals surface area contributed by atoms with Crippen LogP contribution in [0.3, 0.4) is 0 Å². The first kappa shape index (κ1) is 12.8. The third-order valence-electron chi connectivity index (χ3n) is 2.80. The number of nitrogens with two attached hydrogens (primary N) is 1. The molecule has 20 heavy (non-hydrogen) atoms. The molecule has 0 fully saturated rings. The summed E-state index contributed by atoms with van der Waals surface area (Å²) in [6, 6.07) is 8.92. The Morgan fingerprint density at radius 3 is 2.80 bits per heavy atom. The second-order valence-corrected chi connectivity index (χ2v) is 4.48. The van der Waals surface area contributed by atoms with Gasteiger partial charge in [0.15, 0.2) is 5.65 Å². The quantitative estimate of drug-likeness (QED) is 0.801. The van der Waals surface area contributed by atoms with E-state index in [1.54, 1.807) is 42.7 Å². The highest BCUT2D eigenvalue weighted by atomic mass is 35.5. The molecule has 0 bridgehead atoms. The number of fused-ring (bicyclic) bond motifs is 1. The minimum Gasteiger partial charge on any atom is -0.439 e. The third-order valence-corrected chi connectivity index (χ3v) is 3.15. The standard InChI is InChI=1S/C14H11ClN4O/c15-10-2-1-3-12(9(10)8-16)20-13-5-4-11-14(19-13)18-7-6-17-11/h1-7H,8,16H2. The first-order valence-electron chi connectivity index (χ1n) is 6.01. The minimum absolute atomic E-state index is 0.294. The number of hydrogen-bond donors (Lipinski definition) is 1. The van der Waals surface area contributed by atoms with Crippen molar-refractivity contribution >= 4 is 22.8 Å². The summed E-state index contributed by atoms with van der Waals surface area (Å²) in [4.78, 5) is 12.6. The van der Waals surface area contributed by atoms with Gasteiger partial charge in [0.2, 0.25) is 5.88 Å². The van der Waals surface area contributed by atoms with Crippen LogP contribution in [0.25, 0.3) is 11.2 Å². The van der Waals surface area contributed by atoms with Crippen molar-refractivity contribution < 1.29 is 4.74 Å². The lowest BCUT2D eigenvalue weighted by atomic mass is 10.2. The fourth-order valence-corrected chi connectivity index (χ4v) is 2.08. The summed E-state index contributed by atoms with van der Waals surface area (Å²) in [5, 5.41) is 0.575. The zero-order valence-corrected chi connectivity index (χ0v) is 11.2. The molecule has 1 aromatic carbocycles. The molecule has 0 aliphatic rings. The fourth-order valence-electron chi connectivity index (χ4n) is 1.84. The van der Waals surface area contributed by atoms with Gasteiger partial charge in [-0.25, -0.2) is 4.98 Å². The van der Waals surface area contributed by atoms with Gasteiger partial charge in [-0.1, -0.05) is 17.7 Å². The largest absolute Gasteiger partial charge is 0.439 e. The summed E-state index contributed by atoms with van der Waals surface area (Å²) in [5.41, 5.74) is 7.68. The second-order valence-electron chi connectivity index (χ2n) is 4.07. The van der Waals surface area contributed by atoms with Crippen molar-refractivity contribution in [1.29, 1.82) is 0 Å². The Balaban J connectivity index is 1.99. The maximum absolute atomic E-state index is 6.09. The lowest BCUT2D eigenvalue weighted by molar-refractivity contribution is 0.459. The molecule has 0 aliphatic heterocycles. The lowest BCUT2D eigenvalue weighted by Crippen LogP contribution is -2.01. The van der Waals surface area contributed by atoms with Crippen molar-refractivity contribution in [2.24, 2.45) is 5.73 Å². The summed E-state index contributed by atoms with van der Waals surface area (Å²) in [5.74, 6) is 1.02. The van der Waals surface area contributed by atoms with Gasteiger partial charge in [0, 0.05) is 35.6 Å². The van der Waals surface area contributed by atoms with E-state index in [0.717, 1.165) is 5.56 Å². The van der Waals surface area contributed by atoms with Crippen LogP contribution < -0.4 is 10.5 Å². The third kappa shape index (κ3) is 2.41. The SMILES string of the molecule is NCc1c(Cl)cccc1Oc1ccc2nccnc2n1. The predicted octanol–water partition coefficient (Wildman–Crippen LogP) is 2.93. The average Bonchev–Trinajstić information content (AvgIpc) is 2.47. The van der Waals surface area contributed by atoms with Gasteiger partial charge in [0.1, 0.15) is 11.3 Å². The Morgan fingerprint density at radius 2 is 1.95 bits per heavy atom. The van der Waals surface area contributed by atoms with Crippen molar-refractivity contribution in [2.45, 2.75) is 6.54 Å². The highest BCUT2D eigenvalue weighted by Gasteiger charge is 2.09. The molecule has 2 N–H and O–H groups in total. The average molecular weight is 287 g/mol. The van der Waals surface area contributed by atoms with Gasteiger partial charge in [0.05, 0.1) is 0 Å². The Hall–Kier alpha value is -2.24. The number of benzene rings is 1. The number of nitrogens with zero attached hydrogens (tertiary/aromatic N) is 3. The Bertz CT molecular complexity index is 763. The first-order chi connectivity index (χ1) is 9.78. The van der Waals surface area contributed by atoms with E-state index in [1.807, 2.05) is 0 Å². The molecule has 2 aromatic heterocycles. The van der Waals surface area contributed by atoms with Crippen LogP contribution in [-0.2, 0) is 6.54 Å². The summed E-state index contributed by atoms with van der Waals surface area (Å²) in [6.45, 7) is 0.294. The topological polar surface area (TPSA) is 73.9 Å². The number of halogens is 1. The zero-order valence-electron chi connectivity index (χ0n) is 10.5. The molecule has 6 heteroatoms.